The van der Waals surface area contributed by atoms with Crippen LogP contribution in [0.25, 0.3) is 0 Å². The topological polar surface area (TPSA) is 79.4 Å². The Kier molecular flexibility index (Phi) is 9.55. The van der Waals surface area contributed by atoms with Crippen molar-refractivity contribution in [2.45, 2.75) is 49.5 Å². The summed E-state index contributed by atoms with van der Waals surface area (Å²) in [5.74, 6) is -0.636. The van der Waals surface area contributed by atoms with E-state index in [4.69, 9.17) is 21.1 Å². The lowest BCUT2D eigenvalue weighted by atomic mass is 9.72. The Morgan fingerprint density at radius 2 is 1.73 bits per heavy atom. The van der Waals surface area contributed by atoms with E-state index in [1.807, 2.05) is 13.8 Å². The largest absolute Gasteiger partial charge is 0.495 e. The maximum atomic E-state index is 15.8. The molecule has 1 atom stereocenters. The van der Waals surface area contributed by atoms with Gasteiger partial charge in [0.05, 0.1) is 28.8 Å². The van der Waals surface area contributed by atoms with Crippen LogP contribution in [0.1, 0.15) is 44.2 Å². The molecule has 5 rings (SSSR count). The standard InChI is InChI=1S/C33H39ClFN3O5S/c1-23(2)43-24-11-13-25(14-12-24)44(40,41)38-30-22-31(42-4)28(34)21-27(30)33(32(38)39,26-9-5-6-10-29(26)35)15-7-17-37-18-8-16-36(3)19-20-37/h5-6,9-14,21-23H,7-8,15-20H2,1-4H3. The van der Waals surface area contributed by atoms with E-state index < -0.39 is 27.2 Å². The van der Waals surface area contributed by atoms with E-state index in [0.717, 1.165) is 36.9 Å². The van der Waals surface area contributed by atoms with Gasteiger partial charge in [0.1, 0.15) is 22.7 Å². The summed E-state index contributed by atoms with van der Waals surface area (Å²) >= 11 is 6.61. The van der Waals surface area contributed by atoms with Crippen LogP contribution < -0.4 is 13.8 Å². The first-order valence-electron chi connectivity index (χ1n) is 14.9. The Balaban J connectivity index is 1.62. The van der Waals surface area contributed by atoms with E-state index in [1.165, 1.54) is 31.4 Å². The minimum absolute atomic E-state index is 0.0957. The smallest absolute Gasteiger partial charge is 0.270 e. The van der Waals surface area contributed by atoms with E-state index >= 15 is 4.39 Å². The molecule has 0 aromatic heterocycles. The van der Waals surface area contributed by atoms with Gasteiger partial charge in [-0.1, -0.05) is 29.8 Å². The SMILES string of the molecule is COc1cc2c(cc1Cl)C(CCCN1CCCN(C)CC1)(c1ccccc1F)C(=O)N2S(=O)(=O)c1ccc(OC(C)C)cc1. The first-order valence-corrected chi connectivity index (χ1v) is 16.7. The van der Waals surface area contributed by atoms with Crippen LogP contribution in [0, 0.1) is 5.82 Å². The van der Waals surface area contributed by atoms with Crippen LogP contribution in [-0.4, -0.2) is 77.1 Å². The Morgan fingerprint density at radius 1 is 1.00 bits per heavy atom. The zero-order valence-electron chi connectivity index (χ0n) is 25.6. The summed E-state index contributed by atoms with van der Waals surface area (Å²) in [7, 11) is -0.925. The number of methoxy groups -OCH3 is 1. The molecule has 1 saturated heterocycles. The highest BCUT2D eigenvalue weighted by Gasteiger charge is 2.57. The number of nitrogens with zero attached hydrogens (tertiary/aromatic N) is 3. The molecule has 1 amide bonds. The minimum atomic E-state index is -4.44. The highest BCUT2D eigenvalue weighted by molar-refractivity contribution is 7.93. The molecule has 236 valence electrons. The lowest BCUT2D eigenvalue weighted by Crippen LogP contribution is -2.45. The molecular weight excluding hydrogens is 605 g/mol. The molecule has 0 bridgehead atoms. The third kappa shape index (κ3) is 6.05. The molecule has 3 aromatic carbocycles. The number of amides is 1. The number of rotatable bonds is 10. The van der Waals surface area contributed by atoms with Crippen LogP contribution in [0.3, 0.4) is 0 Å². The van der Waals surface area contributed by atoms with Crippen molar-refractivity contribution >= 4 is 33.2 Å². The number of halogens is 2. The molecule has 0 N–H and O–H groups in total. The van der Waals surface area contributed by atoms with Gasteiger partial charge in [-0.15, -0.1) is 0 Å². The van der Waals surface area contributed by atoms with Gasteiger partial charge in [-0.05, 0) is 102 Å². The molecule has 0 saturated carbocycles. The van der Waals surface area contributed by atoms with Gasteiger partial charge in [0.2, 0.25) is 0 Å². The number of benzene rings is 3. The average Bonchev–Trinajstić information content (AvgIpc) is 3.08. The second kappa shape index (κ2) is 13.0. The second-order valence-corrected chi connectivity index (χ2v) is 13.9. The Bertz CT molecular complexity index is 1620. The van der Waals surface area contributed by atoms with Gasteiger partial charge in [-0.2, -0.15) is 0 Å². The third-order valence-corrected chi connectivity index (χ3v) is 10.4. The fourth-order valence-corrected chi connectivity index (χ4v) is 7.96. The lowest BCUT2D eigenvalue weighted by molar-refractivity contribution is -0.121. The quantitative estimate of drug-likeness (QED) is 0.280. The van der Waals surface area contributed by atoms with Crippen LogP contribution in [0.5, 0.6) is 11.5 Å². The fraction of sp³-hybridized carbons (Fsp3) is 0.424. The molecule has 1 unspecified atom stereocenters. The molecule has 0 radical (unpaired) electrons. The Hall–Kier alpha value is -3.18. The minimum Gasteiger partial charge on any atom is -0.495 e. The molecule has 3 aromatic rings. The van der Waals surface area contributed by atoms with Gasteiger partial charge in [-0.25, -0.2) is 17.1 Å². The van der Waals surface area contributed by atoms with Crippen molar-refractivity contribution in [1.29, 1.82) is 0 Å². The van der Waals surface area contributed by atoms with Crippen LogP contribution in [0.4, 0.5) is 10.1 Å². The van der Waals surface area contributed by atoms with Gasteiger partial charge in [0.25, 0.3) is 15.9 Å². The molecule has 0 spiro atoms. The number of likely N-dealkylation sites (N-methyl/N-ethyl adjacent to an activating group) is 1. The van der Waals surface area contributed by atoms with E-state index in [2.05, 4.69) is 16.8 Å². The Labute approximate surface area is 264 Å². The number of carbonyl (C=O) groups is 1. The van der Waals surface area contributed by atoms with Crippen molar-refractivity contribution in [2.75, 3.05) is 51.2 Å². The molecule has 8 nitrogen and oxygen atoms in total. The summed E-state index contributed by atoms with van der Waals surface area (Å²) in [6, 6.07) is 15.0. The van der Waals surface area contributed by atoms with E-state index in [-0.39, 0.29) is 39.4 Å². The van der Waals surface area contributed by atoms with Gasteiger partial charge in [0, 0.05) is 24.7 Å². The molecule has 11 heteroatoms. The number of hydrogen-bond donors (Lipinski definition) is 0. The van der Waals surface area contributed by atoms with Crippen molar-refractivity contribution in [3.05, 3.63) is 82.6 Å². The van der Waals surface area contributed by atoms with Crippen LogP contribution in [0.2, 0.25) is 5.02 Å². The number of hydrogen-bond acceptors (Lipinski definition) is 7. The maximum Gasteiger partial charge on any atom is 0.270 e. The van der Waals surface area contributed by atoms with Crippen molar-refractivity contribution in [2.24, 2.45) is 0 Å². The summed E-state index contributed by atoms with van der Waals surface area (Å²) in [6.45, 7) is 8.17. The van der Waals surface area contributed by atoms with Crippen molar-refractivity contribution in [3.63, 3.8) is 0 Å². The van der Waals surface area contributed by atoms with Gasteiger partial charge in [-0.3, -0.25) is 4.79 Å². The molecule has 2 aliphatic rings. The van der Waals surface area contributed by atoms with Crippen LogP contribution in [0.15, 0.2) is 65.6 Å². The van der Waals surface area contributed by atoms with Gasteiger partial charge < -0.3 is 19.3 Å². The lowest BCUT2D eigenvalue weighted by Gasteiger charge is -2.31. The average molecular weight is 644 g/mol. The monoisotopic (exact) mass is 643 g/mol. The van der Waals surface area contributed by atoms with Gasteiger partial charge in [0.15, 0.2) is 0 Å². The number of ether oxygens (including phenoxy) is 2. The van der Waals surface area contributed by atoms with E-state index in [0.29, 0.717) is 24.3 Å². The van der Waals surface area contributed by atoms with Crippen molar-refractivity contribution in [3.8, 4) is 11.5 Å². The molecule has 0 aliphatic carbocycles. The molecule has 2 aliphatic heterocycles. The molecule has 2 heterocycles. The summed E-state index contributed by atoms with van der Waals surface area (Å²) in [5, 5.41) is 0.199. The fourth-order valence-electron chi connectivity index (χ4n) is 6.25. The van der Waals surface area contributed by atoms with Crippen molar-refractivity contribution < 1.29 is 27.1 Å². The zero-order chi connectivity index (χ0) is 31.6. The number of sulfonamides is 1. The second-order valence-electron chi connectivity index (χ2n) is 11.7. The summed E-state index contributed by atoms with van der Waals surface area (Å²) in [6.07, 6.45) is 1.64. The number of anilines is 1. The number of fused-ring (bicyclic) bond motifs is 1. The molecular formula is C33H39ClFN3O5S. The molecule has 1 fully saturated rings. The van der Waals surface area contributed by atoms with Crippen LogP contribution in [-0.2, 0) is 20.2 Å². The predicted octanol–water partition coefficient (Wildman–Crippen LogP) is 5.71. The van der Waals surface area contributed by atoms with E-state index in [9.17, 15) is 13.2 Å². The maximum absolute atomic E-state index is 15.8. The normalized spacial score (nSPS) is 19.7. The first-order chi connectivity index (χ1) is 21.0. The Morgan fingerprint density at radius 3 is 2.41 bits per heavy atom. The zero-order valence-corrected chi connectivity index (χ0v) is 27.1. The molecule has 44 heavy (non-hydrogen) atoms. The summed E-state index contributed by atoms with van der Waals surface area (Å²) < 4.78 is 56.3. The van der Waals surface area contributed by atoms with Gasteiger partial charge >= 0.3 is 0 Å². The summed E-state index contributed by atoms with van der Waals surface area (Å²) in [4.78, 5) is 19.3. The van der Waals surface area contributed by atoms with E-state index in [1.54, 1.807) is 36.4 Å². The highest BCUT2D eigenvalue weighted by Crippen LogP contribution is 2.53. The third-order valence-electron chi connectivity index (χ3n) is 8.40. The first kappa shape index (κ1) is 32.2. The van der Waals surface area contributed by atoms with Crippen molar-refractivity contribution in [1.82, 2.24) is 9.80 Å². The van der Waals surface area contributed by atoms with Crippen LogP contribution >= 0.6 is 11.6 Å². The summed E-state index contributed by atoms with van der Waals surface area (Å²) in [5.41, 5.74) is -1.09. The number of carbonyl (C=O) groups excluding carboxylic acids is 1. The highest BCUT2D eigenvalue weighted by atomic mass is 35.5. The predicted molar refractivity (Wildman–Crippen MR) is 170 cm³/mol.